The highest BCUT2D eigenvalue weighted by atomic mass is 19.4. The molecular weight excluding hydrogens is 193 g/mol. The van der Waals surface area contributed by atoms with Gasteiger partial charge >= 0.3 is 6.18 Å². The Morgan fingerprint density at radius 3 is 2.21 bits per heavy atom. The fourth-order valence-electron chi connectivity index (χ4n) is 1.22. The van der Waals surface area contributed by atoms with E-state index in [1.807, 2.05) is 13.0 Å². The summed E-state index contributed by atoms with van der Waals surface area (Å²) in [7, 11) is 0. The molecule has 82 valence electrons. The van der Waals surface area contributed by atoms with E-state index in [-0.39, 0.29) is 12.8 Å². The van der Waals surface area contributed by atoms with Gasteiger partial charge in [0.15, 0.2) is 0 Å². The van der Waals surface area contributed by atoms with Gasteiger partial charge in [0.05, 0.1) is 6.07 Å². The number of alkyl halides is 3. The zero-order valence-electron chi connectivity index (χ0n) is 8.41. The standard InChI is InChI=1S/C9H15F3N2/c1-3-14-8(2,7-13)5-4-6-9(10,11)12/h14H,3-6H2,1-2H3. The van der Waals surface area contributed by atoms with Crippen molar-refractivity contribution in [2.75, 3.05) is 6.54 Å². The van der Waals surface area contributed by atoms with Gasteiger partial charge in [-0.3, -0.25) is 5.32 Å². The van der Waals surface area contributed by atoms with Crippen LogP contribution in [0.5, 0.6) is 0 Å². The van der Waals surface area contributed by atoms with Gasteiger partial charge in [-0.15, -0.1) is 0 Å². The van der Waals surface area contributed by atoms with Gasteiger partial charge in [-0.2, -0.15) is 18.4 Å². The third-order valence-corrected chi connectivity index (χ3v) is 1.95. The first-order chi connectivity index (χ1) is 6.33. The van der Waals surface area contributed by atoms with E-state index in [0.717, 1.165) is 0 Å². The molecule has 0 amide bonds. The van der Waals surface area contributed by atoms with Crippen LogP contribution in [0.3, 0.4) is 0 Å². The van der Waals surface area contributed by atoms with Crippen LogP contribution in [-0.2, 0) is 0 Å². The lowest BCUT2D eigenvalue weighted by molar-refractivity contribution is -0.136. The minimum atomic E-state index is -4.12. The summed E-state index contributed by atoms with van der Waals surface area (Å²) in [5.74, 6) is 0. The van der Waals surface area contributed by atoms with Crippen LogP contribution in [0.2, 0.25) is 0 Å². The molecule has 0 saturated carbocycles. The molecule has 0 radical (unpaired) electrons. The predicted octanol–water partition coefficient (Wildman–Crippen LogP) is 2.61. The molecule has 2 nitrogen and oxygen atoms in total. The van der Waals surface area contributed by atoms with Gasteiger partial charge in [-0.05, 0) is 26.3 Å². The fourth-order valence-corrected chi connectivity index (χ4v) is 1.22. The molecule has 0 aliphatic heterocycles. The molecule has 0 bridgehead atoms. The molecule has 0 fully saturated rings. The first-order valence-electron chi connectivity index (χ1n) is 4.56. The first kappa shape index (κ1) is 13.2. The number of nitrogens with one attached hydrogen (secondary N) is 1. The van der Waals surface area contributed by atoms with Crippen molar-refractivity contribution in [3.8, 4) is 6.07 Å². The maximum absolute atomic E-state index is 11.8. The summed E-state index contributed by atoms with van der Waals surface area (Å²) in [6, 6.07) is 1.99. The van der Waals surface area contributed by atoms with Crippen molar-refractivity contribution in [3.63, 3.8) is 0 Å². The Labute approximate surface area is 82.1 Å². The number of hydrogen-bond donors (Lipinski definition) is 1. The van der Waals surface area contributed by atoms with Gasteiger partial charge in [0, 0.05) is 6.42 Å². The Balaban J connectivity index is 3.92. The minimum Gasteiger partial charge on any atom is -0.300 e. The first-order valence-corrected chi connectivity index (χ1v) is 4.56. The SMILES string of the molecule is CCNC(C)(C#N)CCCC(F)(F)F. The third-order valence-electron chi connectivity index (χ3n) is 1.95. The smallest absolute Gasteiger partial charge is 0.300 e. The largest absolute Gasteiger partial charge is 0.389 e. The zero-order valence-corrected chi connectivity index (χ0v) is 8.41. The van der Waals surface area contributed by atoms with Crippen LogP contribution in [0.25, 0.3) is 0 Å². The van der Waals surface area contributed by atoms with Crippen LogP contribution in [-0.4, -0.2) is 18.3 Å². The van der Waals surface area contributed by atoms with Crippen LogP contribution in [0.4, 0.5) is 13.2 Å². The van der Waals surface area contributed by atoms with Gasteiger partial charge < -0.3 is 0 Å². The molecule has 0 aliphatic rings. The molecule has 5 heteroatoms. The summed E-state index contributed by atoms with van der Waals surface area (Å²) in [4.78, 5) is 0. The molecule has 0 rings (SSSR count). The van der Waals surface area contributed by atoms with Crippen molar-refractivity contribution in [2.24, 2.45) is 0 Å². The normalized spacial score (nSPS) is 16.0. The summed E-state index contributed by atoms with van der Waals surface area (Å²) in [6.07, 6.45) is -4.74. The molecule has 0 aromatic rings. The molecule has 0 aromatic heterocycles. The van der Waals surface area contributed by atoms with Gasteiger partial charge in [0.2, 0.25) is 0 Å². The van der Waals surface area contributed by atoms with Crippen molar-refractivity contribution in [1.29, 1.82) is 5.26 Å². The molecule has 1 N–H and O–H groups in total. The van der Waals surface area contributed by atoms with Gasteiger partial charge in [-0.1, -0.05) is 6.92 Å². The van der Waals surface area contributed by atoms with Gasteiger partial charge in [0.1, 0.15) is 5.54 Å². The van der Waals surface area contributed by atoms with Gasteiger partial charge in [-0.25, -0.2) is 0 Å². The lowest BCUT2D eigenvalue weighted by atomic mass is 9.96. The quantitative estimate of drug-likeness (QED) is 0.753. The highest BCUT2D eigenvalue weighted by molar-refractivity contribution is 5.03. The number of rotatable bonds is 5. The summed E-state index contributed by atoms with van der Waals surface area (Å²) in [5.41, 5.74) is -0.833. The third kappa shape index (κ3) is 5.81. The Morgan fingerprint density at radius 1 is 1.29 bits per heavy atom. The molecule has 1 atom stereocenters. The maximum Gasteiger partial charge on any atom is 0.389 e. The van der Waals surface area contributed by atoms with E-state index in [2.05, 4.69) is 5.32 Å². The van der Waals surface area contributed by atoms with Gasteiger partial charge in [0.25, 0.3) is 0 Å². The number of nitriles is 1. The number of nitrogens with zero attached hydrogens (tertiary/aromatic N) is 1. The van der Waals surface area contributed by atoms with E-state index in [1.165, 1.54) is 0 Å². The topological polar surface area (TPSA) is 35.8 Å². The second-order valence-corrected chi connectivity index (χ2v) is 3.44. The minimum absolute atomic E-state index is 0.0133. The van der Waals surface area contributed by atoms with E-state index in [1.54, 1.807) is 6.92 Å². The lowest BCUT2D eigenvalue weighted by Crippen LogP contribution is -2.40. The molecule has 0 aliphatic carbocycles. The Bertz CT molecular complexity index is 207. The highest BCUT2D eigenvalue weighted by Crippen LogP contribution is 2.24. The summed E-state index contributed by atoms with van der Waals surface area (Å²) < 4.78 is 35.5. The van der Waals surface area contributed by atoms with E-state index in [4.69, 9.17) is 5.26 Å². The van der Waals surface area contributed by atoms with Crippen LogP contribution in [0.15, 0.2) is 0 Å². The molecule has 14 heavy (non-hydrogen) atoms. The molecule has 0 heterocycles. The van der Waals surface area contributed by atoms with E-state index in [9.17, 15) is 13.2 Å². The predicted molar refractivity (Wildman–Crippen MR) is 47.6 cm³/mol. The lowest BCUT2D eigenvalue weighted by Gasteiger charge is -2.22. The average Bonchev–Trinajstić information content (AvgIpc) is 2.02. The van der Waals surface area contributed by atoms with E-state index >= 15 is 0 Å². The van der Waals surface area contributed by atoms with E-state index in [0.29, 0.717) is 6.54 Å². The van der Waals surface area contributed by atoms with Crippen molar-refractivity contribution in [2.45, 2.75) is 44.8 Å². The van der Waals surface area contributed by atoms with Crippen molar-refractivity contribution in [3.05, 3.63) is 0 Å². The van der Waals surface area contributed by atoms with Crippen LogP contribution >= 0.6 is 0 Å². The number of halogens is 3. The van der Waals surface area contributed by atoms with Crippen molar-refractivity contribution in [1.82, 2.24) is 5.32 Å². The molecule has 1 unspecified atom stereocenters. The van der Waals surface area contributed by atoms with Crippen molar-refractivity contribution >= 4 is 0 Å². The van der Waals surface area contributed by atoms with Crippen LogP contribution < -0.4 is 5.32 Å². The molecular formula is C9H15F3N2. The maximum atomic E-state index is 11.8. The van der Waals surface area contributed by atoms with Crippen molar-refractivity contribution < 1.29 is 13.2 Å². The molecule has 0 saturated heterocycles. The van der Waals surface area contributed by atoms with Crippen LogP contribution in [0, 0.1) is 11.3 Å². The monoisotopic (exact) mass is 208 g/mol. The summed E-state index contributed by atoms with van der Waals surface area (Å²) in [5, 5.41) is 11.6. The molecule has 0 spiro atoms. The zero-order chi connectivity index (χ0) is 11.2. The fraction of sp³-hybridized carbons (Fsp3) is 0.889. The average molecular weight is 208 g/mol. The Kier molecular flexibility index (Phi) is 4.92. The second kappa shape index (κ2) is 5.20. The number of hydrogen-bond acceptors (Lipinski definition) is 2. The van der Waals surface area contributed by atoms with E-state index < -0.39 is 18.1 Å². The summed E-state index contributed by atoms with van der Waals surface area (Å²) in [6.45, 7) is 4.02. The Morgan fingerprint density at radius 2 is 1.86 bits per heavy atom. The molecule has 0 aromatic carbocycles. The van der Waals surface area contributed by atoms with Crippen LogP contribution in [0.1, 0.15) is 33.1 Å². The summed E-state index contributed by atoms with van der Waals surface area (Å²) >= 11 is 0. The Hall–Kier alpha value is -0.760. The second-order valence-electron chi connectivity index (χ2n) is 3.44. The highest BCUT2D eigenvalue weighted by Gasteiger charge is 2.29.